The molecule has 3 aliphatic rings. The Balaban J connectivity index is 0.000000248. The molecule has 14 nitrogen and oxygen atoms in total. The number of carbonyl (C=O) groups excluding carboxylic acids is 6. The first-order valence-electron chi connectivity index (χ1n) is 18.6. The van der Waals surface area contributed by atoms with Gasteiger partial charge in [0.05, 0.1) is 34.6 Å². The first kappa shape index (κ1) is 13.7. The van der Waals surface area contributed by atoms with Gasteiger partial charge < -0.3 is 20.7 Å². The van der Waals surface area contributed by atoms with Crippen LogP contribution in [0.3, 0.4) is 0 Å². The van der Waals surface area contributed by atoms with Crippen molar-refractivity contribution in [2.45, 2.75) is 37.6 Å². The summed E-state index contributed by atoms with van der Waals surface area (Å²) in [6.07, 6.45) is -13.7. The normalized spacial score (nSPS) is 28.0. The molecule has 14 heteroatoms. The number of piperidine rings is 1. The van der Waals surface area contributed by atoms with Gasteiger partial charge >= 0.3 is 23.9 Å². The van der Waals surface area contributed by atoms with Crippen molar-refractivity contribution in [1.82, 2.24) is 10.2 Å². The van der Waals surface area contributed by atoms with Crippen molar-refractivity contribution in [2.24, 2.45) is 5.73 Å². The molecule has 40 heavy (non-hydrogen) atoms. The SMILES string of the molecule is [2H]C([2H])(C(=O)O)C([2H])([2H])C([2H])(N)C(=O)O.[2H]c1c([2H])c([2H])c2c(c1[2H])C(=O)N(C1C(=O)NC(=O)C([2H])([2H])C1([2H])[2H])C2=O.[2H]c1c([2H])c([2H])c2c(c1[2H])C(=O)OC2=O. The molecule has 2 aromatic rings. The van der Waals surface area contributed by atoms with E-state index in [1.165, 1.54) is 0 Å². The Kier molecular flexibility index (Phi) is 4.30. The highest BCUT2D eigenvalue weighted by atomic mass is 16.6. The van der Waals surface area contributed by atoms with Crippen molar-refractivity contribution in [3.8, 4) is 0 Å². The second kappa shape index (κ2) is 12.5. The third kappa shape index (κ3) is 6.60. The van der Waals surface area contributed by atoms with Gasteiger partial charge in [0.25, 0.3) is 11.8 Å². The van der Waals surface area contributed by atoms with Gasteiger partial charge in [-0.15, -0.1) is 0 Å². The van der Waals surface area contributed by atoms with Crippen molar-refractivity contribution in [3.63, 3.8) is 0 Å². The molecule has 1 saturated heterocycles. The van der Waals surface area contributed by atoms with Crippen LogP contribution >= 0.6 is 0 Å². The Hall–Kier alpha value is -5.24. The molecule has 4 amide bonds. The Morgan fingerprint density at radius 3 is 1.93 bits per heavy atom. The van der Waals surface area contributed by atoms with Crippen LogP contribution in [-0.4, -0.2) is 74.7 Å². The van der Waals surface area contributed by atoms with E-state index < -0.39 is 145 Å². The van der Waals surface area contributed by atoms with Crippen LogP contribution in [0.25, 0.3) is 0 Å². The molecule has 208 valence electrons. The number of esters is 2. The number of carboxylic acids is 2. The average molecular weight is 571 g/mol. The lowest BCUT2D eigenvalue weighted by molar-refractivity contribution is -0.140. The summed E-state index contributed by atoms with van der Waals surface area (Å²) < 4.78 is 130. The van der Waals surface area contributed by atoms with Gasteiger partial charge in [0, 0.05) is 23.7 Å². The molecule has 0 spiro atoms. The van der Waals surface area contributed by atoms with E-state index in [-0.39, 0.29) is 16.0 Å². The standard InChI is InChI=1S/C13H10N2O4.C8H4O3.C5H9NO4/c16-10-6-5-9(11(17)14-10)15-12(18)7-3-1-2-4-8(7)13(15)19;9-7-5-3-1-2-4-6(5)8(10)11-7;6-3(5(9)10)1-2-4(7)8/h1-4,9H,5-6H2,(H,14,16,17);1-4H;3H,1-2,6H2,(H,7,8)(H,9,10)/i1D,2D,3D,4D,5D2,6D2;1D,2D,3D,4D;1D2,2D2,3D. The highest BCUT2D eigenvalue weighted by Crippen LogP contribution is 2.27. The van der Waals surface area contributed by atoms with Crippen LogP contribution in [-0.2, 0) is 23.9 Å². The number of ether oxygens (including phenoxy) is 1. The molecule has 3 heterocycles. The fraction of sp³-hybridized carbons (Fsp3) is 0.231. The summed E-state index contributed by atoms with van der Waals surface area (Å²) in [6.45, 7) is 0. The smallest absolute Gasteiger partial charge is 0.346 e. The Morgan fingerprint density at radius 2 is 1.48 bits per heavy atom. The van der Waals surface area contributed by atoms with Gasteiger partial charge in [0.1, 0.15) is 12.1 Å². The van der Waals surface area contributed by atoms with Crippen molar-refractivity contribution in [2.75, 3.05) is 0 Å². The zero-order valence-corrected chi connectivity index (χ0v) is 19.2. The summed E-state index contributed by atoms with van der Waals surface area (Å²) >= 11 is 0. The van der Waals surface area contributed by atoms with E-state index in [1.54, 1.807) is 5.32 Å². The summed E-state index contributed by atoms with van der Waals surface area (Å²) in [5.74, 6) is -12.2. The number of hydrogen-bond donors (Lipinski definition) is 4. The number of rotatable bonds is 5. The summed E-state index contributed by atoms with van der Waals surface area (Å²) in [4.78, 5) is 92.3. The highest BCUT2D eigenvalue weighted by molar-refractivity contribution is 6.23. The number of benzene rings is 2. The van der Waals surface area contributed by atoms with Gasteiger partial charge in [-0.25, -0.2) is 9.59 Å². The largest absolute Gasteiger partial charge is 0.481 e. The number of carbonyl (C=O) groups is 8. The molecule has 0 saturated carbocycles. The maximum Gasteiger partial charge on any atom is 0.346 e. The van der Waals surface area contributed by atoms with E-state index in [0.29, 0.717) is 0 Å². The van der Waals surface area contributed by atoms with Gasteiger partial charge in [0.2, 0.25) is 11.8 Å². The second-order valence-corrected chi connectivity index (χ2v) is 6.92. The minimum absolute atomic E-state index is 0.0409. The summed E-state index contributed by atoms with van der Waals surface area (Å²) in [5, 5.41) is 18.4. The van der Waals surface area contributed by atoms with Crippen LogP contribution in [0.2, 0.25) is 0 Å². The van der Waals surface area contributed by atoms with Gasteiger partial charge in [-0.2, -0.15) is 0 Å². The van der Waals surface area contributed by atoms with E-state index in [2.05, 4.69) is 4.74 Å². The summed E-state index contributed by atoms with van der Waals surface area (Å²) in [7, 11) is 0. The van der Waals surface area contributed by atoms with Crippen molar-refractivity contribution in [1.29, 1.82) is 0 Å². The van der Waals surface area contributed by atoms with E-state index in [4.69, 9.17) is 39.2 Å². The lowest BCUT2D eigenvalue weighted by Gasteiger charge is -2.27. The van der Waals surface area contributed by atoms with Crippen LogP contribution in [0.5, 0.6) is 0 Å². The number of amides is 4. The molecular weight excluding hydrogens is 530 g/mol. The van der Waals surface area contributed by atoms with Gasteiger partial charge in [-0.3, -0.25) is 39.0 Å². The van der Waals surface area contributed by atoms with Crippen LogP contribution < -0.4 is 11.1 Å². The van der Waals surface area contributed by atoms with Gasteiger partial charge in [-0.05, 0) is 36.9 Å². The fourth-order valence-electron chi connectivity index (χ4n) is 2.77. The zero-order chi connectivity index (χ0) is 44.6. The van der Waals surface area contributed by atoms with Crippen molar-refractivity contribution >= 4 is 47.5 Å². The third-order valence-corrected chi connectivity index (χ3v) is 4.43. The zero-order valence-electron chi connectivity index (χ0n) is 36.2. The van der Waals surface area contributed by atoms with Crippen LogP contribution in [0.15, 0.2) is 48.3 Å². The topological polar surface area (TPSA) is 228 Å². The number of cyclic esters (lactones) is 2. The van der Waals surface area contributed by atoms with E-state index in [0.717, 1.165) is 0 Å². The van der Waals surface area contributed by atoms with E-state index >= 15 is 0 Å². The molecular formula is C26H23N3O11. The third-order valence-electron chi connectivity index (χ3n) is 4.43. The molecule has 2 atom stereocenters. The summed E-state index contributed by atoms with van der Waals surface area (Å²) in [6, 6.07) is -11.3. The molecule has 3 aliphatic heterocycles. The lowest BCUT2D eigenvalue weighted by Crippen LogP contribution is -2.54. The molecule has 0 bridgehead atoms. The number of imide groups is 2. The number of nitrogens with one attached hydrogen (secondary N) is 1. The average Bonchev–Trinajstić information content (AvgIpc) is 3.54. The number of carboxylic acid groups (broad SMARTS) is 2. The molecule has 5 N–H and O–H groups in total. The predicted octanol–water partition coefficient (Wildman–Crippen LogP) is 0.348. The lowest BCUT2D eigenvalue weighted by atomic mass is 10.0. The van der Waals surface area contributed by atoms with Crippen LogP contribution in [0, 0.1) is 0 Å². The number of hydrogen-bond acceptors (Lipinski definition) is 10. The fourth-order valence-corrected chi connectivity index (χ4v) is 2.77. The number of nitrogens with zero attached hydrogens (tertiary/aromatic N) is 1. The van der Waals surface area contributed by atoms with Gasteiger partial charge in [0.15, 0.2) is 0 Å². The number of aliphatic carboxylic acids is 2. The van der Waals surface area contributed by atoms with Crippen LogP contribution in [0.4, 0.5) is 0 Å². The van der Waals surface area contributed by atoms with Gasteiger partial charge in [-0.1, -0.05) is 24.2 Å². The first-order chi connectivity index (χ1) is 25.6. The maximum atomic E-state index is 12.7. The second-order valence-electron chi connectivity index (χ2n) is 6.92. The van der Waals surface area contributed by atoms with Crippen LogP contribution in [0.1, 0.15) is 90.2 Å². The number of nitrogens with two attached hydrogens (primary N) is 1. The maximum absolute atomic E-state index is 12.7. The minimum atomic E-state index is -3.59. The molecule has 5 rings (SSSR count). The molecule has 0 radical (unpaired) electrons. The molecule has 1 fully saturated rings. The predicted molar refractivity (Wildman–Crippen MR) is 132 cm³/mol. The highest BCUT2D eigenvalue weighted by Gasteiger charge is 2.44. The molecule has 2 unspecified atom stereocenters. The Labute approximate surface area is 249 Å². The first-order valence-corrected chi connectivity index (χ1v) is 10.1. The quantitative estimate of drug-likeness (QED) is 0.217. The Morgan fingerprint density at radius 1 is 1.00 bits per heavy atom. The van der Waals surface area contributed by atoms with E-state index in [9.17, 15) is 38.4 Å². The summed E-state index contributed by atoms with van der Waals surface area (Å²) in [5.41, 5.74) is 2.50. The Bertz CT molecular complexity index is 2110. The monoisotopic (exact) mass is 570 g/mol. The van der Waals surface area contributed by atoms with Crippen molar-refractivity contribution in [3.05, 3.63) is 70.6 Å². The number of fused-ring (bicyclic) bond motifs is 2. The molecule has 2 aromatic carbocycles. The molecule has 0 aromatic heterocycles. The molecule has 0 aliphatic carbocycles. The van der Waals surface area contributed by atoms with Crippen molar-refractivity contribution < 1.29 is 76.6 Å². The van der Waals surface area contributed by atoms with E-state index in [1.807, 2.05) is 0 Å². The minimum Gasteiger partial charge on any atom is -0.481 e.